The monoisotopic (exact) mass is 251 g/mol. The zero-order valence-corrected chi connectivity index (χ0v) is 10.4. The van der Waals surface area contributed by atoms with Crippen molar-refractivity contribution in [2.24, 2.45) is 0 Å². The van der Waals surface area contributed by atoms with Crippen LogP contribution in [0.15, 0.2) is 18.2 Å². The van der Waals surface area contributed by atoms with Crippen LogP contribution in [0, 0.1) is 5.82 Å². The minimum absolute atomic E-state index is 0.220. The molecule has 0 aliphatic carbocycles. The van der Waals surface area contributed by atoms with E-state index in [9.17, 15) is 9.18 Å². The van der Waals surface area contributed by atoms with Gasteiger partial charge in [0.05, 0.1) is 0 Å². The Labute approximate surface area is 107 Å². The third-order valence-corrected chi connectivity index (χ3v) is 3.21. The molecule has 0 saturated carbocycles. The van der Waals surface area contributed by atoms with Crippen LogP contribution in [0.1, 0.15) is 29.6 Å². The Balaban J connectivity index is 1.80. The first-order valence-electron chi connectivity index (χ1n) is 6.39. The van der Waals surface area contributed by atoms with E-state index in [4.69, 9.17) is 4.74 Å². The van der Waals surface area contributed by atoms with Crippen molar-refractivity contribution in [2.75, 3.05) is 26.2 Å². The van der Waals surface area contributed by atoms with Crippen LogP contribution in [-0.2, 0) is 0 Å². The molecule has 98 valence electrons. The van der Waals surface area contributed by atoms with Gasteiger partial charge in [-0.25, -0.2) is 4.39 Å². The minimum Gasteiger partial charge on any atom is -0.489 e. The zero-order valence-electron chi connectivity index (χ0n) is 10.4. The van der Waals surface area contributed by atoms with E-state index >= 15 is 0 Å². The summed E-state index contributed by atoms with van der Waals surface area (Å²) < 4.78 is 18.9. The summed E-state index contributed by atoms with van der Waals surface area (Å²) in [5, 5.41) is 0. The molecule has 0 atom stereocenters. The topological polar surface area (TPSA) is 29.5 Å². The lowest BCUT2D eigenvalue weighted by Crippen LogP contribution is -2.33. The number of rotatable bonds is 5. The molecule has 0 N–H and O–H groups in total. The number of halogens is 1. The molecule has 1 aromatic carbocycles. The molecule has 3 nitrogen and oxygen atoms in total. The van der Waals surface area contributed by atoms with Crippen molar-refractivity contribution >= 4 is 6.29 Å². The molecular weight excluding hydrogens is 233 g/mol. The largest absolute Gasteiger partial charge is 0.489 e. The van der Waals surface area contributed by atoms with E-state index in [2.05, 4.69) is 4.90 Å². The van der Waals surface area contributed by atoms with E-state index < -0.39 is 5.82 Å². The number of benzene rings is 1. The summed E-state index contributed by atoms with van der Waals surface area (Å²) in [6.07, 6.45) is 4.41. The van der Waals surface area contributed by atoms with Crippen molar-refractivity contribution in [1.82, 2.24) is 4.90 Å². The van der Waals surface area contributed by atoms with E-state index in [1.807, 2.05) is 0 Å². The number of piperidine rings is 1. The van der Waals surface area contributed by atoms with Crippen LogP contribution in [0.2, 0.25) is 0 Å². The van der Waals surface area contributed by atoms with Gasteiger partial charge in [-0.15, -0.1) is 0 Å². The van der Waals surface area contributed by atoms with Crippen LogP contribution in [-0.4, -0.2) is 37.4 Å². The second-order valence-corrected chi connectivity index (χ2v) is 4.56. The third kappa shape index (κ3) is 3.53. The lowest BCUT2D eigenvalue weighted by Gasteiger charge is -2.26. The molecular formula is C14H18FNO2. The number of ether oxygens (including phenoxy) is 1. The van der Waals surface area contributed by atoms with Gasteiger partial charge in [0.2, 0.25) is 0 Å². The predicted octanol–water partition coefficient (Wildman–Crippen LogP) is 2.50. The average molecular weight is 251 g/mol. The Morgan fingerprint density at radius 2 is 2.06 bits per heavy atom. The van der Waals surface area contributed by atoms with Gasteiger partial charge in [0.1, 0.15) is 12.9 Å². The molecule has 1 aliphatic heterocycles. The highest BCUT2D eigenvalue weighted by atomic mass is 19.1. The highest BCUT2D eigenvalue weighted by molar-refractivity contribution is 5.74. The van der Waals surface area contributed by atoms with E-state index in [1.54, 1.807) is 6.07 Å². The van der Waals surface area contributed by atoms with Gasteiger partial charge in [-0.3, -0.25) is 9.69 Å². The van der Waals surface area contributed by atoms with Gasteiger partial charge in [-0.2, -0.15) is 0 Å². The highest BCUT2D eigenvalue weighted by Crippen LogP contribution is 2.17. The number of likely N-dealkylation sites (tertiary alicyclic amines) is 1. The molecule has 1 heterocycles. The molecule has 0 bridgehead atoms. The Morgan fingerprint density at radius 1 is 1.28 bits per heavy atom. The lowest BCUT2D eigenvalue weighted by atomic mass is 10.1. The van der Waals surface area contributed by atoms with Crippen LogP contribution in [0.4, 0.5) is 4.39 Å². The maximum atomic E-state index is 13.5. The molecule has 1 saturated heterocycles. The summed E-state index contributed by atoms with van der Waals surface area (Å²) in [4.78, 5) is 12.8. The number of aldehydes is 1. The number of carbonyl (C=O) groups is 1. The number of hydrogen-bond donors (Lipinski definition) is 0. The Morgan fingerprint density at radius 3 is 2.72 bits per heavy atom. The lowest BCUT2D eigenvalue weighted by molar-refractivity contribution is 0.112. The Kier molecular flexibility index (Phi) is 4.70. The Hall–Kier alpha value is -1.42. The number of carbonyl (C=O) groups excluding carboxylic acids is 1. The van der Waals surface area contributed by atoms with Gasteiger partial charge < -0.3 is 4.74 Å². The maximum absolute atomic E-state index is 13.5. The van der Waals surface area contributed by atoms with E-state index in [0.717, 1.165) is 19.6 Å². The first kappa shape index (κ1) is 13.0. The fraction of sp³-hybridized carbons (Fsp3) is 0.500. The standard InChI is InChI=1S/C14H18FNO2/c15-13-10-12(11-17)4-5-14(13)18-9-8-16-6-2-1-3-7-16/h4-5,10-11H,1-3,6-9H2. The fourth-order valence-corrected chi connectivity index (χ4v) is 2.18. The van der Waals surface area contributed by atoms with Gasteiger partial charge in [0, 0.05) is 12.1 Å². The highest BCUT2D eigenvalue weighted by Gasteiger charge is 2.10. The number of hydrogen-bond acceptors (Lipinski definition) is 3. The Bertz CT molecular complexity index is 403. The molecule has 0 aromatic heterocycles. The van der Waals surface area contributed by atoms with Gasteiger partial charge in [0.15, 0.2) is 11.6 Å². The maximum Gasteiger partial charge on any atom is 0.165 e. The van der Waals surface area contributed by atoms with E-state index in [1.165, 1.54) is 31.4 Å². The predicted molar refractivity (Wildman–Crippen MR) is 67.6 cm³/mol. The molecule has 1 aromatic rings. The smallest absolute Gasteiger partial charge is 0.165 e. The summed E-state index contributed by atoms with van der Waals surface area (Å²) >= 11 is 0. The summed E-state index contributed by atoms with van der Waals surface area (Å²) in [5.41, 5.74) is 0.330. The van der Waals surface area contributed by atoms with Gasteiger partial charge in [-0.1, -0.05) is 6.42 Å². The summed E-state index contributed by atoms with van der Waals surface area (Å²) in [6.45, 7) is 3.53. The fourth-order valence-electron chi connectivity index (χ4n) is 2.18. The van der Waals surface area contributed by atoms with E-state index in [0.29, 0.717) is 18.5 Å². The summed E-state index contributed by atoms with van der Waals surface area (Å²) in [7, 11) is 0. The molecule has 4 heteroatoms. The number of nitrogens with zero attached hydrogens (tertiary/aromatic N) is 1. The van der Waals surface area contributed by atoms with Gasteiger partial charge >= 0.3 is 0 Å². The van der Waals surface area contributed by atoms with Crippen LogP contribution in [0.5, 0.6) is 5.75 Å². The first-order valence-corrected chi connectivity index (χ1v) is 6.39. The van der Waals surface area contributed by atoms with Crippen molar-refractivity contribution in [2.45, 2.75) is 19.3 Å². The molecule has 0 unspecified atom stereocenters. The first-order chi connectivity index (χ1) is 8.79. The third-order valence-electron chi connectivity index (χ3n) is 3.21. The van der Waals surface area contributed by atoms with Crippen molar-refractivity contribution in [3.05, 3.63) is 29.6 Å². The zero-order chi connectivity index (χ0) is 12.8. The summed E-state index contributed by atoms with van der Waals surface area (Å²) in [5.74, 6) is -0.254. The second-order valence-electron chi connectivity index (χ2n) is 4.56. The molecule has 0 spiro atoms. The van der Waals surface area contributed by atoms with Crippen LogP contribution in [0.25, 0.3) is 0 Å². The molecule has 2 rings (SSSR count). The van der Waals surface area contributed by atoms with Crippen molar-refractivity contribution in [3.63, 3.8) is 0 Å². The van der Waals surface area contributed by atoms with Gasteiger partial charge in [0.25, 0.3) is 0 Å². The van der Waals surface area contributed by atoms with Crippen LogP contribution >= 0.6 is 0 Å². The minimum atomic E-state index is -0.474. The van der Waals surface area contributed by atoms with E-state index in [-0.39, 0.29) is 5.75 Å². The second kappa shape index (κ2) is 6.50. The molecule has 1 aliphatic rings. The molecule has 0 radical (unpaired) electrons. The average Bonchev–Trinajstić information content (AvgIpc) is 2.42. The molecule has 1 fully saturated rings. The van der Waals surface area contributed by atoms with Crippen LogP contribution in [0.3, 0.4) is 0 Å². The summed E-state index contributed by atoms with van der Waals surface area (Å²) in [6, 6.07) is 4.27. The SMILES string of the molecule is O=Cc1ccc(OCCN2CCCCC2)c(F)c1. The van der Waals surface area contributed by atoms with Crippen LogP contribution < -0.4 is 4.74 Å². The van der Waals surface area contributed by atoms with Crippen molar-refractivity contribution in [3.8, 4) is 5.75 Å². The van der Waals surface area contributed by atoms with Crippen molar-refractivity contribution in [1.29, 1.82) is 0 Å². The quantitative estimate of drug-likeness (QED) is 0.753. The normalized spacial score (nSPS) is 16.5. The molecule has 0 amide bonds. The van der Waals surface area contributed by atoms with Gasteiger partial charge in [-0.05, 0) is 44.1 Å². The van der Waals surface area contributed by atoms with Crippen molar-refractivity contribution < 1.29 is 13.9 Å². The molecule has 18 heavy (non-hydrogen) atoms.